The van der Waals surface area contributed by atoms with Gasteiger partial charge in [0.1, 0.15) is 5.37 Å². The van der Waals surface area contributed by atoms with Crippen LogP contribution in [0.15, 0.2) is 91.0 Å². The zero-order valence-electron chi connectivity index (χ0n) is 21.4. The zero-order chi connectivity index (χ0) is 27.5. The Labute approximate surface area is 230 Å². The summed E-state index contributed by atoms with van der Waals surface area (Å²) in [6, 6.07) is 26.6. The number of benzene rings is 3. The molecule has 0 aliphatic carbocycles. The van der Waals surface area contributed by atoms with Crippen molar-refractivity contribution in [1.82, 2.24) is 10.2 Å². The Morgan fingerprint density at radius 1 is 0.846 bits per heavy atom. The van der Waals surface area contributed by atoms with E-state index in [-0.39, 0.29) is 11.8 Å². The van der Waals surface area contributed by atoms with Crippen LogP contribution in [0.3, 0.4) is 0 Å². The molecule has 9 heteroatoms. The summed E-state index contributed by atoms with van der Waals surface area (Å²) in [6.45, 7) is 2.58. The highest BCUT2D eigenvalue weighted by Crippen LogP contribution is 2.50. The first-order valence-corrected chi connectivity index (χ1v) is 13.6. The Hall–Kier alpha value is -4.11. The Bertz CT molecular complexity index is 1310. The molecular formula is C30H28N2O6S. The summed E-state index contributed by atoms with van der Waals surface area (Å²) in [6.07, 6.45) is -1.90. The summed E-state index contributed by atoms with van der Waals surface area (Å²) < 4.78 is 11.7. The molecule has 5 atom stereocenters. The highest BCUT2D eigenvalue weighted by atomic mass is 32.2. The Morgan fingerprint density at radius 3 is 1.90 bits per heavy atom. The first kappa shape index (κ1) is 26.5. The molecule has 1 N–H and O–H groups in total. The average molecular weight is 545 g/mol. The number of β-lactam (4-membered cyclic amide) rings is 1. The molecular weight excluding hydrogens is 516 g/mol. The van der Waals surface area contributed by atoms with Crippen LogP contribution in [0.4, 0.5) is 0 Å². The minimum Gasteiger partial charge on any atom is -0.457 e. The van der Waals surface area contributed by atoms with E-state index in [1.807, 2.05) is 91.0 Å². The van der Waals surface area contributed by atoms with Crippen molar-refractivity contribution >= 4 is 35.5 Å². The summed E-state index contributed by atoms with van der Waals surface area (Å²) in [7, 11) is 0. The van der Waals surface area contributed by atoms with E-state index >= 15 is 0 Å². The minimum absolute atomic E-state index is 0.268. The van der Waals surface area contributed by atoms with E-state index in [0.29, 0.717) is 0 Å². The third-order valence-electron chi connectivity index (χ3n) is 6.76. The molecule has 0 spiro atoms. The Kier molecular flexibility index (Phi) is 7.70. The number of carbonyl (C=O) groups is 4. The van der Waals surface area contributed by atoms with Crippen LogP contribution in [0.25, 0.3) is 0 Å². The smallest absolute Gasteiger partial charge is 0.333 e. The number of fused-ring (bicyclic) bond motifs is 1. The summed E-state index contributed by atoms with van der Waals surface area (Å²) in [5.41, 5.74) is 2.30. The molecule has 2 aliphatic heterocycles. The standard InChI is InChI=1S/C30H28N2O6S/c1-18(33)31-27-26(37-19(2)34)24(32-28(35)23(29(32)39-27)20-12-6-3-7-13-20)30(36)38-25(21-14-8-4-9-15-21)22-16-10-5-11-17-22/h3-17,23-27,29H,1-2H3,(H,31,33)/t23-,24-,26?,27?,29-/m1/s1. The van der Waals surface area contributed by atoms with Gasteiger partial charge in [-0.1, -0.05) is 91.0 Å². The molecule has 2 saturated heterocycles. The number of amides is 2. The van der Waals surface area contributed by atoms with E-state index in [1.54, 1.807) is 0 Å². The number of hydrogen-bond donors (Lipinski definition) is 1. The number of nitrogens with zero attached hydrogens (tertiary/aromatic N) is 1. The predicted octanol–water partition coefficient (Wildman–Crippen LogP) is 3.78. The summed E-state index contributed by atoms with van der Waals surface area (Å²) in [4.78, 5) is 53.3. The van der Waals surface area contributed by atoms with E-state index in [4.69, 9.17) is 9.47 Å². The van der Waals surface area contributed by atoms with Crippen molar-refractivity contribution in [2.24, 2.45) is 0 Å². The fourth-order valence-electron chi connectivity index (χ4n) is 5.10. The number of rotatable bonds is 7. The molecule has 2 unspecified atom stereocenters. The van der Waals surface area contributed by atoms with Crippen molar-refractivity contribution in [3.8, 4) is 0 Å². The van der Waals surface area contributed by atoms with Gasteiger partial charge in [-0.05, 0) is 16.7 Å². The first-order valence-electron chi connectivity index (χ1n) is 12.6. The third kappa shape index (κ3) is 5.40. The summed E-state index contributed by atoms with van der Waals surface area (Å²) in [5, 5.41) is 1.58. The number of ether oxygens (including phenoxy) is 2. The van der Waals surface area contributed by atoms with Crippen molar-refractivity contribution in [3.05, 3.63) is 108 Å². The van der Waals surface area contributed by atoms with Crippen LogP contribution in [-0.4, -0.2) is 51.5 Å². The Balaban J connectivity index is 1.53. The van der Waals surface area contributed by atoms with Crippen molar-refractivity contribution < 1.29 is 28.7 Å². The highest BCUT2D eigenvalue weighted by Gasteiger charge is 2.62. The van der Waals surface area contributed by atoms with Gasteiger partial charge in [-0.2, -0.15) is 0 Å². The molecule has 0 radical (unpaired) electrons. The predicted molar refractivity (Wildman–Crippen MR) is 145 cm³/mol. The summed E-state index contributed by atoms with van der Waals surface area (Å²) in [5.74, 6) is -2.49. The molecule has 2 amide bonds. The molecule has 8 nitrogen and oxygen atoms in total. The maximum Gasteiger partial charge on any atom is 0.333 e. The van der Waals surface area contributed by atoms with Gasteiger partial charge < -0.3 is 19.7 Å². The van der Waals surface area contributed by atoms with Gasteiger partial charge in [0.15, 0.2) is 18.2 Å². The molecule has 2 heterocycles. The van der Waals surface area contributed by atoms with Crippen LogP contribution in [0.1, 0.15) is 42.6 Å². The molecule has 0 saturated carbocycles. The molecule has 0 bridgehead atoms. The molecule has 5 rings (SSSR count). The van der Waals surface area contributed by atoms with Gasteiger partial charge in [-0.15, -0.1) is 11.8 Å². The fourth-order valence-corrected chi connectivity index (χ4v) is 6.79. The largest absolute Gasteiger partial charge is 0.457 e. The lowest BCUT2D eigenvalue weighted by Gasteiger charge is -2.56. The van der Waals surface area contributed by atoms with Gasteiger partial charge in [-0.3, -0.25) is 14.4 Å². The second kappa shape index (κ2) is 11.3. The van der Waals surface area contributed by atoms with E-state index in [1.165, 1.54) is 30.5 Å². The zero-order valence-corrected chi connectivity index (χ0v) is 22.2. The van der Waals surface area contributed by atoms with Crippen LogP contribution in [0.5, 0.6) is 0 Å². The molecule has 200 valence electrons. The second-order valence-electron chi connectivity index (χ2n) is 9.44. The second-order valence-corrected chi connectivity index (χ2v) is 10.7. The van der Waals surface area contributed by atoms with Gasteiger partial charge in [0.05, 0.1) is 11.3 Å². The van der Waals surface area contributed by atoms with Gasteiger partial charge in [-0.25, -0.2) is 4.79 Å². The van der Waals surface area contributed by atoms with Gasteiger partial charge in [0.2, 0.25) is 11.8 Å². The third-order valence-corrected chi connectivity index (χ3v) is 8.22. The number of hydrogen-bond acceptors (Lipinski definition) is 7. The maximum absolute atomic E-state index is 14.0. The van der Waals surface area contributed by atoms with Crippen molar-refractivity contribution in [1.29, 1.82) is 0 Å². The molecule has 3 aromatic rings. The Morgan fingerprint density at radius 2 is 1.38 bits per heavy atom. The van der Waals surface area contributed by atoms with E-state index in [2.05, 4.69) is 5.32 Å². The van der Waals surface area contributed by atoms with E-state index in [9.17, 15) is 19.2 Å². The van der Waals surface area contributed by atoms with Gasteiger partial charge in [0, 0.05) is 13.8 Å². The van der Waals surface area contributed by atoms with Crippen LogP contribution >= 0.6 is 11.8 Å². The lowest BCUT2D eigenvalue weighted by atomic mass is 9.86. The monoisotopic (exact) mass is 544 g/mol. The van der Waals surface area contributed by atoms with Crippen molar-refractivity contribution in [2.45, 2.75) is 48.8 Å². The number of nitrogens with one attached hydrogen (secondary N) is 1. The molecule has 3 aromatic carbocycles. The lowest BCUT2D eigenvalue weighted by Crippen LogP contribution is -2.73. The topological polar surface area (TPSA) is 102 Å². The van der Waals surface area contributed by atoms with Crippen LogP contribution < -0.4 is 5.32 Å². The first-order chi connectivity index (χ1) is 18.8. The van der Waals surface area contributed by atoms with Crippen LogP contribution in [0, 0.1) is 0 Å². The number of thioether (sulfide) groups is 1. The van der Waals surface area contributed by atoms with Crippen molar-refractivity contribution in [3.63, 3.8) is 0 Å². The average Bonchev–Trinajstić information content (AvgIpc) is 2.93. The van der Waals surface area contributed by atoms with Gasteiger partial charge >= 0.3 is 11.9 Å². The molecule has 2 aliphatic rings. The van der Waals surface area contributed by atoms with E-state index < -0.39 is 46.9 Å². The number of carbonyl (C=O) groups excluding carboxylic acids is 4. The maximum atomic E-state index is 14.0. The fraction of sp³-hybridized carbons (Fsp3) is 0.267. The molecule has 39 heavy (non-hydrogen) atoms. The molecule has 0 aromatic heterocycles. The molecule has 2 fully saturated rings. The van der Waals surface area contributed by atoms with Crippen LogP contribution in [0.2, 0.25) is 0 Å². The SMILES string of the molecule is CC(=O)NC1S[C@@H]2[C@H](c3ccccc3)C(=O)N2[C@@H](C(=O)OC(c2ccccc2)c2ccccc2)C1OC(C)=O. The lowest BCUT2D eigenvalue weighted by molar-refractivity contribution is -0.180. The normalized spacial score (nSPS) is 23.8. The highest BCUT2D eigenvalue weighted by molar-refractivity contribution is 8.00. The van der Waals surface area contributed by atoms with E-state index in [0.717, 1.165) is 16.7 Å². The minimum atomic E-state index is -1.25. The summed E-state index contributed by atoms with van der Waals surface area (Å²) >= 11 is 1.29. The quantitative estimate of drug-likeness (QED) is 0.357. The van der Waals surface area contributed by atoms with Gasteiger partial charge in [0.25, 0.3) is 0 Å². The number of esters is 2. The van der Waals surface area contributed by atoms with Crippen molar-refractivity contribution in [2.75, 3.05) is 0 Å². The van der Waals surface area contributed by atoms with Crippen LogP contribution in [-0.2, 0) is 28.7 Å².